The Morgan fingerprint density at radius 3 is 2.60 bits per heavy atom. The molecule has 0 radical (unpaired) electrons. The van der Waals surface area contributed by atoms with Gasteiger partial charge >= 0.3 is 11.9 Å². The number of esters is 1. The molecule has 1 unspecified atom stereocenters. The largest absolute Gasteiger partial charge is 0.477 e. The van der Waals surface area contributed by atoms with Gasteiger partial charge in [0.1, 0.15) is 11.4 Å². The van der Waals surface area contributed by atoms with Gasteiger partial charge in [-0.2, -0.15) is 5.26 Å². The molecule has 2 aromatic rings. The number of aromatic nitrogens is 1. The number of rotatable bonds is 5. The van der Waals surface area contributed by atoms with Crippen molar-refractivity contribution in [1.82, 2.24) is 4.57 Å². The fourth-order valence-electron chi connectivity index (χ4n) is 2.54. The van der Waals surface area contributed by atoms with E-state index in [2.05, 4.69) is 0 Å². The highest BCUT2D eigenvalue weighted by molar-refractivity contribution is 5.93. The zero-order chi connectivity index (χ0) is 18.7. The maximum absolute atomic E-state index is 14.5. The maximum atomic E-state index is 14.5. The van der Waals surface area contributed by atoms with Crippen molar-refractivity contribution in [3.05, 3.63) is 45.5 Å². The van der Waals surface area contributed by atoms with Crippen molar-refractivity contribution in [2.75, 3.05) is 6.61 Å². The third-order valence-electron chi connectivity index (χ3n) is 3.73. The Kier molecular flexibility index (Phi) is 5.17. The number of aryl methyl sites for hydroxylation is 1. The lowest BCUT2D eigenvalue weighted by Crippen LogP contribution is -2.20. The van der Waals surface area contributed by atoms with Crippen LogP contribution < -0.4 is 5.43 Å². The number of ether oxygens (including phenoxy) is 1. The van der Waals surface area contributed by atoms with Crippen molar-refractivity contribution in [3.63, 3.8) is 0 Å². The summed E-state index contributed by atoms with van der Waals surface area (Å²) in [5, 5.41) is 18.2. The third-order valence-corrected chi connectivity index (χ3v) is 3.73. The SMILES string of the molecule is CCOC(=O)C(C#N)c1cc2c(cc1F)c(=O)c(C(=O)O)cn2CC. The molecule has 0 fully saturated rings. The molecule has 1 heterocycles. The minimum absolute atomic E-state index is 0.0356. The molecule has 0 amide bonds. The van der Waals surface area contributed by atoms with Crippen LogP contribution in [0.4, 0.5) is 4.39 Å². The Balaban J connectivity index is 2.80. The highest BCUT2D eigenvalue weighted by Crippen LogP contribution is 2.25. The van der Waals surface area contributed by atoms with E-state index in [0.29, 0.717) is 6.54 Å². The van der Waals surface area contributed by atoms with Crippen molar-refractivity contribution in [2.45, 2.75) is 26.3 Å². The Morgan fingerprint density at radius 2 is 2.08 bits per heavy atom. The summed E-state index contributed by atoms with van der Waals surface area (Å²) >= 11 is 0. The molecule has 0 saturated heterocycles. The Labute approximate surface area is 141 Å². The molecule has 130 valence electrons. The number of halogens is 1. The van der Waals surface area contributed by atoms with E-state index in [1.54, 1.807) is 19.9 Å². The molecule has 0 saturated carbocycles. The number of aromatic carboxylic acids is 1. The van der Waals surface area contributed by atoms with Gasteiger partial charge in [0, 0.05) is 23.7 Å². The summed E-state index contributed by atoms with van der Waals surface area (Å²) in [5.74, 6) is -4.74. The summed E-state index contributed by atoms with van der Waals surface area (Å²) in [7, 11) is 0. The predicted octanol–water partition coefficient (Wildman–Crippen LogP) is 2.03. The second-order valence-electron chi connectivity index (χ2n) is 5.17. The number of carbonyl (C=O) groups is 2. The van der Waals surface area contributed by atoms with Crippen LogP contribution in [0.5, 0.6) is 0 Å². The first kappa shape index (κ1) is 18.1. The van der Waals surface area contributed by atoms with Crippen molar-refractivity contribution in [2.24, 2.45) is 0 Å². The number of hydrogen-bond donors (Lipinski definition) is 1. The fraction of sp³-hybridized carbons (Fsp3) is 0.294. The first-order valence-electron chi connectivity index (χ1n) is 7.51. The Morgan fingerprint density at radius 1 is 1.40 bits per heavy atom. The summed E-state index contributed by atoms with van der Waals surface area (Å²) in [6, 6.07) is 3.76. The number of benzene rings is 1. The van der Waals surface area contributed by atoms with E-state index in [9.17, 15) is 24.0 Å². The molecule has 1 atom stereocenters. The number of hydrogen-bond acceptors (Lipinski definition) is 5. The molecule has 7 nitrogen and oxygen atoms in total. The standard InChI is InChI=1S/C17H15FN2O5/c1-3-20-8-12(16(22)23)15(21)10-5-13(18)9(6-14(10)20)11(7-19)17(24)25-4-2/h5-6,8,11H,3-4H2,1-2H3,(H,22,23). The number of pyridine rings is 1. The van der Waals surface area contributed by atoms with E-state index in [0.717, 1.165) is 12.3 Å². The van der Waals surface area contributed by atoms with E-state index in [-0.39, 0.29) is 23.1 Å². The zero-order valence-corrected chi connectivity index (χ0v) is 13.6. The highest BCUT2D eigenvalue weighted by atomic mass is 19.1. The number of nitriles is 1. The topological polar surface area (TPSA) is 109 Å². The number of carbonyl (C=O) groups excluding carboxylic acids is 1. The van der Waals surface area contributed by atoms with Crippen LogP contribution in [0, 0.1) is 17.1 Å². The van der Waals surface area contributed by atoms with Gasteiger partial charge in [0.2, 0.25) is 5.43 Å². The van der Waals surface area contributed by atoms with Crippen LogP contribution in [0.15, 0.2) is 23.1 Å². The fourth-order valence-corrected chi connectivity index (χ4v) is 2.54. The van der Waals surface area contributed by atoms with Gasteiger partial charge in [-0.1, -0.05) is 0 Å². The number of fused-ring (bicyclic) bond motifs is 1. The molecule has 0 aliphatic heterocycles. The second-order valence-corrected chi connectivity index (χ2v) is 5.17. The first-order valence-corrected chi connectivity index (χ1v) is 7.51. The molecule has 0 aliphatic rings. The summed E-state index contributed by atoms with van der Waals surface area (Å²) < 4.78 is 20.7. The van der Waals surface area contributed by atoms with Crippen LogP contribution in [0.2, 0.25) is 0 Å². The van der Waals surface area contributed by atoms with Gasteiger partial charge in [-0.25, -0.2) is 9.18 Å². The van der Waals surface area contributed by atoms with Crippen molar-refractivity contribution < 1.29 is 23.8 Å². The summed E-state index contributed by atoms with van der Waals surface area (Å²) in [6.45, 7) is 3.61. The van der Waals surface area contributed by atoms with E-state index in [1.165, 1.54) is 10.6 Å². The average Bonchev–Trinajstić information content (AvgIpc) is 2.57. The number of carboxylic acid groups (broad SMARTS) is 1. The van der Waals surface area contributed by atoms with E-state index < -0.39 is 34.7 Å². The van der Waals surface area contributed by atoms with E-state index in [4.69, 9.17) is 9.84 Å². The molecule has 1 N–H and O–H groups in total. The molecule has 0 aliphatic carbocycles. The highest BCUT2D eigenvalue weighted by Gasteiger charge is 2.26. The quantitative estimate of drug-likeness (QED) is 0.830. The third kappa shape index (κ3) is 3.21. The molecule has 1 aromatic heterocycles. The zero-order valence-electron chi connectivity index (χ0n) is 13.6. The Hall–Kier alpha value is -3.21. The predicted molar refractivity (Wildman–Crippen MR) is 85.8 cm³/mol. The van der Waals surface area contributed by atoms with Crippen LogP contribution in [0.25, 0.3) is 10.9 Å². The molecule has 2 rings (SSSR count). The van der Waals surface area contributed by atoms with Gasteiger partial charge < -0.3 is 14.4 Å². The van der Waals surface area contributed by atoms with Gasteiger partial charge in [-0.05, 0) is 26.0 Å². The van der Waals surface area contributed by atoms with Gasteiger partial charge in [0.05, 0.1) is 18.2 Å². The summed E-state index contributed by atoms with van der Waals surface area (Å²) in [4.78, 5) is 35.3. The second kappa shape index (κ2) is 7.13. The molecule has 25 heavy (non-hydrogen) atoms. The van der Waals surface area contributed by atoms with Gasteiger partial charge in [-0.15, -0.1) is 0 Å². The lowest BCUT2D eigenvalue weighted by atomic mass is 9.97. The van der Waals surface area contributed by atoms with Crippen LogP contribution in [-0.4, -0.2) is 28.2 Å². The van der Waals surface area contributed by atoms with Crippen LogP contribution >= 0.6 is 0 Å². The summed E-state index contributed by atoms with van der Waals surface area (Å²) in [6.07, 6.45) is 1.15. The maximum Gasteiger partial charge on any atom is 0.341 e. The van der Waals surface area contributed by atoms with Gasteiger partial charge in [0.25, 0.3) is 0 Å². The summed E-state index contributed by atoms with van der Waals surface area (Å²) in [5.41, 5.74) is -1.30. The van der Waals surface area contributed by atoms with Crippen LogP contribution in [0.3, 0.4) is 0 Å². The minimum atomic E-state index is -1.48. The van der Waals surface area contributed by atoms with Gasteiger partial charge in [0.15, 0.2) is 5.92 Å². The van der Waals surface area contributed by atoms with Gasteiger partial charge in [-0.3, -0.25) is 9.59 Å². The lowest BCUT2D eigenvalue weighted by molar-refractivity contribution is -0.143. The molecule has 8 heteroatoms. The first-order chi connectivity index (χ1) is 11.8. The molecular formula is C17H15FN2O5. The molecule has 0 spiro atoms. The Bertz CT molecular complexity index is 958. The number of carboxylic acids is 1. The van der Waals surface area contributed by atoms with Crippen LogP contribution in [-0.2, 0) is 16.1 Å². The van der Waals surface area contributed by atoms with Crippen LogP contribution in [0.1, 0.15) is 35.7 Å². The number of nitrogens with zero attached hydrogens (tertiary/aromatic N) is 2. The van der Waals surface area contributed by atoms with Crippen molar-refractivity contribution >= 4 is 22.8 Å². The van der Waals surface area contributed by atoms with Crippen molar-refractivity contribution in [3.8, 4) is 6.07 Å². The lowest BCUT2D eigenvalue weighted by Gasteiger charge is -2.14. The average molecular weight is 346 g/mol. The smallest absolute Gasteiger partial charge is 0.341 e. The van der Waals surface area contributed by atoms with E-state index in [1.807, 2.05) is 0 Å². The van der Waals surface area contributed by atoms with Crippen molar-refractivity contribution in [1.29, 1.82) is 5.26 Å². The monoisotopic (exact) mass is 346 g/mol. The minimum Gasteiger partial charge on any atom is -0.477 e. The molecule has 1 aromatic carbocycles. The normalized spacial score (nSPS) is 11.8. The molecule has 0 bridgehead atoms. The van der Waals surface area contributed by atoms with E-state index >= 15 is 0 Å². The molecular weight excluding hydrogens is 331 g/mol.